The van der Waals surface area contributed by atoms with Crippen LogP contribution in [0.1, 0.15) is 27.3 Å². The summed E-state index contributed by atoms with van der Waals surface area (Å²) in [5.74, 6) is -3.78. The van der Waals surface area contributed by atoms with Crippen LogP contribution in [0.3, 0.4) is 0 Å². The van der Waals surface area contributed by atoms with Gasteiger partial charge in [0.05, 0.1) is 5.52 Å². The van der Waals surface area contributed by atoms with Crippen LogP contribution in [0.2, 0.25) is 0 Å². The first-order chi connectivity index (χ1) is 13.8. The number of anilines is 1. The van der Waals surface area contributed by atoms with Gasteiger partial charge in [0.15, 0.2) is 11.5 Å². The molecule has 0 saturated carbocycles. The maximum absolute atomic E-state index is 12.6. The fourth-order valence-electron chi connectivity index (χ4n) is 2.79. The number of carboxylic acids is 1. The molecule has 6 N–H and O–H groups in total. The van der Waals surface area contributed by atoms with Crippen molar-refractivity contribution in [3.05, 3.63) is 70.0 Å². The van der Waals surface area contributed by atoms with Gasteiger partial charge in [-0.15, -0.1) is 0 Å². The van der Waals surface area contributed by atoms with E-state index in [1.165, 1.54) is 24.3 Å². The molecule has 148 valence electrons. The van der Waals surface area contributed by atoms with Gasteiger partial charge >= 0.3 is 11.9 Å². The Kier molecular flexibility index (Phi) is 5.42. The number of para-hydroxylation sites is 2. The van der Waals surface area contributed by atoms with Gasteiger partial charge in [-0.25, -0.2) is 9.59 Å². The Morgan fingerprint density at radius 2 is 1.72 bits per heavy atom. The predicted octanol–water partition coefficient (Wildman–Crippen LogP) is 1.31. The lowest BCUT2D eigenvalue weighted by molar-refractivity contribution is -0.135. The number of aromatic nitrogens is 1. The van der Waals surface area contributed by atoms with E-state index in [1.54, 1.807) is 24.3 Å². The van der Waals surface area contributed by atoms with E-state index in [9.17, 15) is 24.3 Å². The molecule has 9 nitrogen and oxygen atoms in total. The zero-order chi connectivity index (χ0) is 21.1. The Morgan fingerprint density at radius 3 is 2.41 bits per heavy atom. The standard InChI is InChI=1S/C20H17N3O6/c21-12-7-3-1-5-10(12)15(24)9-13(22)20(28)29-18-16(19(26)27)23-14-8-4-2-6-11(14)17(18)25/h1-8,13H,9,21-22H2,(H,23,25)(H,26,27)/t13-/m0/s1. The number of H-pyrrole nitrogens is 1. The summed E-state index contributed by atoms with van der Waals surface area (Å²) in [4.78, 5) is 51.3. The molecule has 1 aromatic heterocycles. The van der Waals surface area contributed by atoms with Crippen molar-refractivity contribution in [2.75, 3.05) is 5.73 Å². The molecule has 2 aromatic carbocycles. The number of aromatic amines is 1. The number of esters is 1. The van der Waals surface area contributed by atoms with E-state index in [1.807, 2.05) is 0 Å². The average molecular weight is 395 g/mol. The highest BCUT2D eigenvalue weighted by atomic mass is 16.5. The number of Topliss-reactive ketones (excluding diaryl/α,β-unsaturated/α-hetero) is 1. The molecule has 0 unspecified atom stereocenters. The third kappa shape index (κ3) is 3.99. The first-order valence-electron chi connectivity index (χ1n) is 8.53. The Labute approximate surface area is 163 Å². The molecule has 29 heavy (non-hydrogen) atoms. The summed E-state index contributed by atoms with van der Waals surface area (Å²) in [5.41, 5.74) is 10.8. The van der Waals surface area contributed by atoms with Crippen molar-refractivity contribution in [3.63, 3.8) is 0 Å². The summed E-state index contributed by atoms with van der Waals surface area (Å²) in [7, 11) is 0. The van der Waals surface area contributed by atoms with Gasteiger partial charge < -0.3 is 26.3 Å². The van der Waals surface area contributed by atoms with Crippen molar-refractivity contribution in [1.82, 2.24) is 4.98 Å². The third-order valence-corrected chi connectivity index (χ3v) is 4.25. The number of aromatic carboxylic acids is 1. The maximum atomic E-state index is 12.6. The van der Waals surface area contributed by atoms with Crippen LogP contribution in [0.15, 0.2) is 53.3 Å². The summed E-state index contributed by atoms with van der Waals surface area (Å²) >= 11 is 0. The smallest absolute Gasteiger partial charge is 0.356 e. The van der Waals surface area contributed by atoms with Gasteiger partial charge in [0, 0.05) is 23.1 Å². The summed E-state index contributed by atoms with van der Waals surface area (Å²) in [6.07, 6.45) is -0.430. The molecule has 1 atom stereocenters. The molecule has 0 aliphatic carbocycles. The van der Waals surface area contributed by atoms with E-state index in [0.29, 0.717) is 0 Å². The Balaban J connectivity index is 1.87. The molecule has 3 aromatic rings. The molecule has 0 aliphatic rings. The number of nitrogens with two attached hydrogens (primary N) is 2. The van der Waals surface area contributed by atoms with Crippen molar-refractivity contribution < 1.29 is 24.2 Å². The van der Waals surface area contributed by atoms with Crippen LogP contribution in [-0.4, -0.2) is 33.9 Å². The summed E-state index contributed by atoms with van der Waals surface area (Å²) in [5, 5.41) is 9.51. The molecule has 3 rings (SSSR count). The molecule has 9 heteroatoms. The lowest BCUT2D eigenvalue weighted by Crippen LogP contribution is -2.37. The molecule has 0 spiro atoms. The van der Waals surface area contributed by atoms with Crippen LogP contribution < -0.4 is 21.6 Å². The summed E-state index contributed by atoms with van der Waals surface area (Å²) < 4.78 is 5.00. The fraction of sp³-hybridized carbons (Fsp3) is 0.100. The number of nitrogen functional groups attached to an aromatic ring is 1. The van der Waals surface area contributed by atoms with E-state index in [-0.39, 0.29) is 22.2 Å². The third-order valence-electron chi connectivity index (χ3n) is 4.25. The normalized spacial score (nSPS) is 11.8. The number of hydrogen-bond donors (Lipinski definition) is 4. The first-order valence-corrected chi connectivity index (χ1v) is 8.53. The van der Waals surface area contributed by atoms with E-state index in [2.05, 4.69) is 4.98 Å². The minimum absolute atomic E-state index is 0.141. The highest BCUT2D eigenvalue weighted by Gasteiger charge is 2.26. The van der Waals surface area contributed by atoms with Gasteiger partial charge in [-0.3, -0.25) is 9.59 Å². The lowest BCUT2D eigenvalue weighted by Gasteiger charge is -2.13. The van der Waals surface area contributed by atoms with Gasteiger partial charge in [-0.2, -0.15) is 0 Å². The SMILES string of the molecule is Nc1ccccc1C(=O)C[C@H](N)C(=O)Oc1c(C(=O)O)[nH]c2ccccc2c1=O. The number of carboxylic acid groups (broad SMARTS) is 1. The quantitative estimate of drug-likeness (QED) is 0.275. The molecule has 0 saturated heterocycles. The van der Waals surface area contributed by atoms with Crippen LogP contribution in [0, 0.1) is 0 Å². The molecule has 0 radical (unpaired) electrons. The Morgan fingerprint density at radius 1 is 1.07 bits per heavy atom. The predicted molar refractivity (Wildman–Crippen MR) is 105 cm³/mol. The second kappa shape index (κ2) is 7.95. The average Bonchev–Trinajstić information content (AvgIpc) is 2.69. The zero-order valence-electron chi connectivity index (χ0n) is 15.0. The number of hydrogen-bond acceptors (Lipinski definition) is 7. The molecule has 1 heterocycles. The highest BCUT2D eigenvalue weighted by molar-refractivity contribution is 6.03. The second-order valence-corrected chi connectivity index (χ2v) is 6.25. The Bertz CT molecular complexity index is 1180. The van der Waals surface area contributed by atoms with Gasteiger partial charge in [0.2, 0.25) is 11.2 Å². The minimum atomic E-state index is -1.49. The van der Waals surface area contributed by atoms with Crippen LogP contribution in [0.4, 0.5) is 5.69 Å². The van der Waals surface area contributed by atoms with Crippen LogP contribution in [0.25, 0.3) is 10.9 Å². The van der Waals surface area contributed by atoms with E-state index >= 15 is 0 Å². The Hall–Kier alpha value is -3.98. The maximum Gasteiger partial charge on any atom is 0.356 e. The van der Waals surface area contributed by atoms with Crippen LogP contribution >= 0.6 is 0 Å². The largest absolute Gasteiger partial charge is 0.476 e. The molecule has 0 fully saturated rings. The number of carbonyl (C=O) groups is 3. The molecule has 0 amide bonds. The van der Waals surface area contributed by atoms with Crippen molar-refractivity contribution >= 4 is 34.3 Å². The van der Waals surface area contributed by atoms with Gasteiger partial charge in [-0.05, 0) is 24.3 Å². The number of ether oxygens (including phenoxy) is 1. The topological polar surface area (TPSA) is 166 Å². The number of rotatable bonds is 6. The van der Waals surface area contributed by atoms with E-state index in [0.717, 1.165) is 0 Å². The van der Waals surface area contributed by atoms with Gasteiger partial charge in [-0.1, -0.05) is 24.3 Å². The van der Waals surface area contributed by atoms with E-state index < -0.39 is 47.1 Å². The van der Waals surface area contributed by atoms with Crippen molar-refractivity contribution in [3.8, 4) is 5.75 Å². The number of fused-ring (bicyclic) bond motifs is 1. The molecular formula is C20H17N3O6. The molecule has 0 aliphatic heterocycles. The highest BCUT2D eigenvalue weighted by Crippen LogP contribution is 2.19. The minimum Gasteiger partial charge on any atom is -0.476 e. The fourth-order valence-corrected chi connectivity index (χ4v) is 2.79. The van der Waals surface area contributed by atoms with Gasteiger partial charge in [0.1, 0.15) is 6.04 Å². The number of pyridine rings is 1. The number of benzene rings is 2. The van der Waals surface area contributed by atoms with E-state index in [4.69, 9.17) is 16.2 Å². The summed E-state index contributed by atoms with van der Waals surface area (Å²) in [6.45, 7) is 0. The van der Waals surface area contributed by atoms with Crippen molar-refractivity contribution in [2.45, 2.75) is 12.5 Å². The van der Waals surface area contributed by atoms with Crippen LogP contribution in [0.5, 0.6) is 5.75 Å². The zero-order valence-corrected chi connectivity index (χ0v) is 15.0. The van der Waals surface area contributed by atoms with Gasteiger partial charge in [0.25, 0.3) is 0 Å². The van der Waals surface area contributed by atoms with Crippen LogP contribution in [-0.2, 0) is 4.79 Å². The van der Waals surface area contributed by atoms with Crippen molar-refractivity contribution in [2.24, 2.45) is 5.73 Å². The molecular weight excluding hydrogens is 378 g/mol. The second-order valence-electron chi connectivity index (χ2n) is 6.25. The van der Waals surface area contributed by atoms with Crippen molar-refractivity contribution in [1.29, 1.82) is 0 Å². The lowest BCUT2D eigenvalue weighted by atomic mass is 10.0. The number of ketones is 1. The monoisotopic (exact) mass is 395 g/mol. The summed E-state index contributed by atoms with van der Waals surface area (Å²) in [6, 6.07) is 11.0. The number of nitrogens with one attached hydrogen (secondary N) is 1. The first kappa shape index (κ1) is 19.8. The number of carbonyl (C=O) groups excluding carboxylic acids is 2. The molecule has 0 bridgehead atoms.